The average molecular weight is 516 g/mol. The number of halogens is 1. The van der Waals surface area contributed by atoms with Crippen LogP contribution in [0.15, 0.2) is 91.3 Å². The van der Waals surface area contributed by atoms with E-state index in [0.29, 0.717) is 10.1 Å². The lowest BCUT2D eigenvalue weighted by molar-refractivity contribution is 0.122. The molecule has 0 radical (unpaired) electrons. The number of hydrogen-bond donors (Lipinski definition) is 1. The topological polar surface area (TPSA) is 45.6 Å². The molecule has 182 valence electrons. The van der Waals surface area contributed by atoms with Crippen LogP contribution in [0.3, 0.4) is 0 Å². The molecule has 2 atom stereocenters. The van der Waals surface area contributed by atoms with Crippen LogP contribution in [-0.4, -0.2) is 41.0 Å². The second-order valence-electron chi connectivity index (χ2n) is 8.90. The minimum Gasteiger partial charge on any atom is -0.378 e. The molecule has 6 nitrogen and oxygen atoms in total. The Balaban J connectivity index is 1.42. The Hall–Kier alpha value is -3.39. The molecule has 0 unspecified atom stereocenters. The highest BCUT2D eigenvalue weighted by molar-refractivity contribution is 7.80. The molecule has 0 amide bonds. The van der Waals surface area contributed by atoms with Gasteiger partial charge in [-0.25, -0.2) is 0 Å². The molecule has 4 heterocycles. The molecule has 0 bridgehead atoms. The van der Waals surface area contributed by atoms with Gasteiger partial charge < -0.3 is 24.4 Å². The summed E-state index contributed by atoms with van der Waals surface area (Å²) in [5.41, 5.74) is 5.27. The van der Waals surface area contributed by atoms with Gasteiger partial charge in [-0.1, -0.05) is 23.7 Å². The Morgan fingerprint density at radius 3 is 2.44 bits per heavy atom. The maximum Gasteiger partial charge on any atom is 0.174 e. The van der Waals surface area contributed by atoms with E-state index in [-0.39, 0.29) is 12.1 Å². The molecular weight excluding hydrogens is 490 g/mol. The van der Waals surface area contributed by atoms with Gasteiger partial charge in [0.1, 0.15) is 6.04 Å². The van der Waals surface area contributed by atoms with E-state index in [2.05, 4.69) is 73.3 Å². The van der Waals surface area contributed by atoms with Gasteiger partial charge in [-0.05, 0) is 78.9 Å². The summed E-state index contributed by atoms with van der Waals surface area (Å²) in [4.78, 5) is 9.23. The van der Waals surface area contributed by atoms with Gasteiger partial charge in [0.05, 0.1) is 24.9 Å². The van der Waals surface area contributed by atoms with Gasteiger partial charge >= 0.3 is 0 Å². The largest absolute Gasteiger partial charge is 0.378 e. The Bertz CT molecular complexity index is 1350. The Kier molecular flexibility index (Phi) is 6.35. The fraction of sp³-hybridized carbons (Fsp3) is 0.214. The highest BCUT2D eigenvalue weighted by Crippen LogP contribution is 2.42. The molecule has 2 aromatic heterocycles. The van der Waals surface area contributed by atoms with Crippen molar-refractivity contribution in [1.82, 2.24) is 14.9 Å². The van der Waals surface area contributed by atoms with E-state index < -0.39 is 0 Å². The average Bonchev–Trinajstić information content (AvgIpc) is 3.54. The summed E-state index contributed by atoms with van der Waals surface area (Å²) in [6.45, 7) is 3.33. The third-order valence-corrected chi connectivity index (χ3v) is 7.32. The number of pyridine rings is 1. The molecule has 0 aliphatic carbocycles. The summed E-state index contributed by atoms with van der Waals surface area (Å²) >= 11 is 12.3. The summed E-state index contributed by atoms with van der Waals surface area (Å²) in [6.07, 6.45) is 3.89. The lowest BCUT2D eigenvalue weighted by Gasteiger charge is -2.31. The van der Waals surface area contributed by atoms with Gasteiger partial charge in [0.15, 0.2) is 5.11 Å². The first-order valence-electron chi connectivity index (χ1n) is 12.1. The summed E-state index contributed by atoms with van der Waals surface area (Å²) < 4.78 is 7.69. The van der Waals surface area contributed by atoms with Gasteiger partial charge in [-0.3, -0.25) is 4.98 Å². The van der Waals surface area contributed by atoms with Crippen molar-refractivity contribution in [2.75, 3.05) is 36.1 Å². The fourth-order valence-corrected chi connectivity index (χ4v) is 5.61. The summed E-state index contributed by atoms with van der Waals surface area (Å²) in [5.74, 6) is 0. The fourth-order valence-electron chi connectivity index (χ4n) is 5.08. The van der Waals surface area contributed by atoms with E-state index in [0.717, 1.165) is 49.1 Å². The Morgan fingerprint density at radius 2 is 1.69 bits per heavy atom. The smallest absolute Gasteiger partial charge is 0.174 e. The second kappa shape index (κ2) is 9.93. The highest BCUT2D eigenvalue weighted by atomic mass is 35.5. The summed E-state index contributed by atoms with van der Waals surface area (Å²) in [6, 6.07) is 26.5. The van der Waals surface area contributed by atoms with Crippen molar-refractivity contribution >= 4 is 40.3 Å². The number of nitrogens with zero attached hydrogens (tertiary/aromatic N) is 4. The number of rotatable bonds is 5. The molecule has 2 fully saturated rings. The van der Waals surface area contributed by atoms with Gasteiger partial charge in [0.2, 0.25) is 0 Å². The van der Waals surface area contributed by atoms with E-state index in [1.54, 1.807) is 0 Å². The van der Waals surface area contributed by atoms with Crippen LogP contribution in [0, 0.1) is 0 Å². The zero-order valence-electron chi connectivity index (χ0n) is 19.6. The standard InChI is InChI=1S/C28H26ClN5OS/c29-20-5-3-6-23(19-20)33-14-4-8-25(33)27-26(24-7-1-2-13-30-24)31-28(36)34(27)22-11-9-21(10-12-22)32-15-17-35-18-16-32/h1-14,19,26-27H,15-18H2,(H,31,36)/t26-,27+/m1/s1. The molecule has 0 spiro atoms. The highest BCUT2D eigenvalue weighted by Gasteiger charge is 2.42. The quantitative estimate of drug-likeness (QED) is 0.352. The normalized spacial score (nSPS) is 20.0. The van der Waals surface area contributed by atoms with Crippen LogP contribution in [-0.2, 0) is 4.74 Å². The Labute approximate surface area is 221 Å². The maximum atomic E-state index is 6.35. The number of nitrogens with one attached hydrogen (secondary N) is 1. The van der Waals surface area contributed by atoms with Gasteiger partial charge in [-0.15, -0.1) is 0 Å². The van der Waals surface area contributed by atoms with Crippen LogP contribution < -0.4 is 15.1 Å². The molecule has 0 saturated carbocycles. The number of morpholine rings is 1. The molecule has 1 N–H and O–H groups in total. The van der Waals surface area contributed by atoms with Crippen LogP contribution in [0.5, 0.6) is 0 Å². The van der Waals surface area contributed by atoms with E-state index in [9.17, 15) is 0 Å². The maximum absolute atomic E-state index is 6.35. The third kappa shape index (κ3) is 4.34. The first-order valence-corrected chi connectivity index (χ1v) is 12.8. The summed E-state index contributed by atoms with van der Waals surface area (Å²) in [5, 5.41) is 4.93. The van der Waals surface area contributed by atoms with Crippen LogP contribution >= 0.6 is 23.8 Å². The van der Waals surface area contributed by atoms with Crippen molar-refractivity contribution in [3.63, 3.8) is 0 Å². The molecule has 2 aromatic carbocycles. The number of thiocarbonyl (C=S) groups is 1. The van der Waals surface area contributed by atoms with Crippen molar-refractivity contribution < 1.29 is 4.74 Å². The minimum atomic E-state index is -0.120. The number of benzene rings is 2. The number of hydrogen-bond acceptors (Lipinski definition) is 4. The van der Waals surface area contributed by atoms with E-state index in [4.69, 9.17) is 28.6 Å². The molecule has 6 rings (SSSR count). The molecule has 2 aliphatic rings. The zero-order valence-corrected chi connectivity index (χ0v) is 21.2. The Morgan fingerprint density at radius 1 is 0.889 bits per heavy atom. The van der Waals surface area contributed by atoms with E-state index in [1.807, 2.05) is 42.6 Å². The van der Waals surface area contributed by atoms with Crippen molar-refractivity contribution in [3.05, 3.63) is 108 Å². The lowest BCUT2D eigenvalue weighted by Crippen LogP contribution is -2.36. The summed E-state index contributed by atoms with van der Waals surface area (Å²) in [7, 11) is 0. The second-order valence-corrected chi connectivity index (χ2v) is 9.72. The van der Waals surface area contributed by atoms with Gasteiger partial charge in [0, 0.05) is 53.3 Å². The van der Waals surface area contributed by atoms with Gasteiger partial charge in [0.25, 0.3) is 0 Å². The molecule has 8 heteroatoms. The SMILES string of the molecule is S=C1N[C@H](c2ccccn2)[C@H](c2cccn2-c2cccc(Cl)c2)N1c1ccc(N2CCOCC2)cc1. The molecule has 4 aromatic rings. The van der Waals surface area contributed by atoms with Gasteiger partial charge in [-0.2, -0.15) is 0 Å². The molecule has 36 heavy (non-hydrogen) atoms. The van der Waals surface area contributed by atoms with Crippen LogP contribution in [0.2, 0.25) is 5.02 Å². The van der Waals surface area contributed by atoms with Crippen LogP contribution in [0.1, 0.15) is 23.5 Å². The number of aromatic nitrogens is 2. The number of anilines is 2. The van der Waals surface area contributed by atoms with E-state index >= 15 is 0 Å². The van der Waals surface area contributed by atoms with Crippen molar-refractivity contribution in [1.29, 1.82) is 0 Å². The van der Waals surface area contributed by atoms with Crippen molar-refractivity contribution in [2.45, 2.75) is 12.1 Å². The first kappa shape index (κ1) is 23.0. The monoisotopic (exact) mass is 515 g/mol. The predicted molar refractivity (Wildman–Crippen MR) is 148 cm³/mol. The first-order chi connectivity index (χ1) is 17.7. The predicted octanol–water partition coefficient (Wildman–Crippen LogP) is 5.54. The molecule has 2 saturated heterocycles. The van der Waals surface area contributed by atoms with Crippen LogP contribution in [0.4, 0.5) is 11.4 Å². The zero-order chi connectivity index (χ0) is 24.5. The van der Waals surface area contributed by atoms with Crippen molar-refractivity contribution in [2.24, 2.45) is 0 Å². The lowest BCUT2D eigenvalue weighted by atomic mass is 10.0. The molecule has 2 aliphatic heterocycles. The minimum absolute atomic E-state index is 0.115. The van der Waals surface area contributed by atoms with E-state index in [1.165, 1.54) is 5.69 Å². The third-order valence-electron chi connectivity index (χ3n) is 6.77. The van der Waals surface area contributed by atoms with Crippen LogP contribution in [0.25, 0.3) is 5.69 Å². The molecular formula is C28H26ClN5OS. The van der Waals surface area contributed by atoms with Crippen molar-refractivity contribution in [3.8, 4) is 5.69 Å². The number of ether oxygens (including phenoxy) is 1.